The molecule has 1 aliphatic rings. The number of aryl methyl sites for hydroxylation is 2. The highest BCUT2D eigenvalue weighted by atomic mass is 32.1. The van der Waals surface area contributed by atoms with Gasteiger partial charge in [0.15, 0.2) is 0 Å². The van der Waals surface area contributed by atoms with Crippen molar-refractivity contribution in [3.63, 3.8) is 0 Å². The molecule has 1 fully saturated rings. The van der Waals surface area contributed by atoms with Crippen molar-refractivity contribution < 1.29 is 4.79 Å². The van der Waals surface area contributed by atoms with Crippen molar-refractivity contribution in [2.24, 2.45) is 0 Å². The van der Waals surface area contributed by atoms with Gasteiger partial charge in [-0.3, -0.25) is 4.79 Å². The van der Waals surface area contributed by atoms with E-state index in [4.69, 9.17) is 4.98 Å². The molecule has 2 aromatic heterocycles. The van der Waals surface area contributed by atoms with Crippen molar-refractivity contribution >= 4 is 28.3 Å². The number of thiazole rings is 1. The van der Waals surface area contributed by atoms with E-state index in [1.165, 1.54) is 11.3 Å². The first kappa shape index (κ1) is 16.3. The molecule has 1 saturated heterocycles. The van der Waals surface area contributed by atoms with Crippen molar-refractivity contribution in [2.45, 2.75) is 39.0 Å². The molecule has 0 radical (unpaired) electrons. The van der Waals surface area contributed by atoms with Gasteiger partial charge in [-0.25, -0.2) is 9.97 Å². The van der Waals surface area contributed by atoms with Gasteiger partial charge in [0.05, 0.1) is 21.7 Å². The number of aromatic amines is 1. The lowest BCUT2D eigenvalue weighted by molar-refractivity contribution is 0.0708. The number of piperidine rings is 1. The number of H-pyrrole nitrogens is 1. The predicted molar refractivity (Wildman–Crippen MR) is 100 cm³/mol. The van der Waals surface area contributed by atoms with Crippen LogP contribution in [0.2, 0.25) is 0 Å². The van der Waals surface area contributed by atoms with Gasteiger partial charge >= 0.3 is 0 Å². The molecule has 1 aromatic carbocycles. The summed E-state index contributed by atoms with van der Waals surface area (Å²) in [6.07, 6.45) is 2.87. The number of rotatable bonds is 3. The number of para-hydroxylation sites is 2. The maximum Gasteiger partial charge on any atom is 0.265 e. The molecule has 1 atom stereocenters. The van der Waals surface area contributed by atoms with Crippen molar-refractivity contribution in [1.82, 2.24) is 19.9 Å². The van der Waals surface area contributed by atoms with E-state index in [-0.39, 0.29) is 11.8 Å². The Balaban J connectivity index is 1.57. The Morgan fingerprint density at radius 3 is 3.00 bits per heavy atom. The summed E-state index contributed by atoms with van der Waals surface area (Å²) >= 11 is 1.52. The van der Waals surface area contributed by atoms with E-state index in [1.807, 2.05) is 36.1 Å². The van der Waals surface area contributed by atoms with Crippen LogP contribution in [0.25, 0.3) is 11.0 Å². The molecule has 3 heterocycles. The lowest BCUT2D eigenvalue weighted by atomic mass is 9.97. The molecule has 0 unspecified atom stereocenters. The second-order valence-corrected chi connectivity index (χ2v) is 7.79. The highest BCUT2D eigenvalue weighted by Crippen LogP contribution is 2.29. The highest BCUT2D eigenvalue weighted by Gasteiger charge is 2.29. The zero-order valence-electron chi connectivity index (χ0n) is 14.6. The second-order valence-electron chi connectivity index (χ2n) is 6.59. The van der Waals surface area contributed by atoms with E-state index in [2.05, 4.69) is 16.9 Å². The van der Waals surface area contributed by atoms with Gasteiger partial charge in [-0.15, -0.1) is 11.3 Å². The number of hydrogen-bond acceptors (Lipinski definition) is 4. The van der Waals surface area contributed by atoms with Gasteiger partial charge in [-0.2, -0.15) is 0 Å². The number of fused-ring (bicyclic) bond motifs is 1. The molecular formula is C19H22N4OS. The van der Waals surface area contributed by atoms with Crippen LogP contribution in [0.4, 0.5) is 0 Å². The first-order valence-electron chi connectivity index (χ1n) is 8.86. The number of aromatic nitrogens is 3. The van der Waals surface area contributed by atoms with E-state index in [0.717, 1.165) is 64.8 Å². The summed E-state index contributed by atoms with van der Waals surface area (Å²) in [7, 11) is 0. The number of carbonyl (C=O) groups excluding carboxylic acids is 1. The fourth-order valence-corrected chi connectivity index (χ4v) is 4.55. The SMILES string of the molecule is CCc1nc(C)sc1C(=O)N1CCC[C@@H](c2nc3ccccc3[nH]2)C1. The summed E-state index contributed by atoms with van der Waals surface area (Å²) < 4.78 is 0. The van der Waals surface area contributed by atoms with Gasteiger partial charge in [0.1, 0.15) is 10.7 Å². The number of nitrogens with zero attached hydrogens (tertiary/aromatic N) is 3. The number of hydrogen-bond donors (Lipinski definition) is 1. The zero-order chi connectivity index (χ0) is 17.4. The molecule has 0 spiro atoms. The summed E-state index contributed by atoms with van der Waals surface area (Å²) in [5.74, 6) is 1.39. The van der Waals surface area contributed by atoms with Crippen molar-refractivity contribution in [3.05, 3.63) is 45.7 Å². The van der Waals surface area contributed by atoms with Crippen LogP contribution in [0.1, 0.15) is 51.9 Å². The minimum atomic E-state index is 0.128. The number of likely N-dealkylation sites (tertiary alicyclic amines) is 1. The number of nitrogens with one attached hydrogen (secondary N) is 1. The standard InChI is InChI=1S/C19H22N4OS/c1-3-14-17(25-12(2)20-14)19(24)23-10-6-7-13(11-23)18-21-15-8-4-5-9-16(15)22-18/h4-5,8-9,13H,3,6-7,10-11H2,1-2H3,(H,21,22)/t13-/m1/s1. The van der Waals surface area contributed by atoms with E-state index in [9.17, 15) is 4.79 Å². The second kappa shape index (κ2) is 6.59. The van der Waals surface area contributed by atoms with Crippen molar-refractivity contribution in [2.75, 3.05) is 13.1 Å². The van der Waals surface area contributed by atoms with E-state index >= 15 is 0 Å². The van der Waals surface area contributed by atoms with Gasteiger partial charge in [0.2, 0.25) is 0 Å². The summed E-state index contributed by atoms with van der Waals surface area (Å²) in [6, 6.07) is 8.08. The molecule has 3 aromatic rings. The average Bonchev–Trinajstić information content (AvgIpc) is 3.24. The van der Waals surface area contributed by atoms with E-state index < -0.39 is 0 Å². The van der Waals surface area contributed by atoms with Crippen molar-refractivity contribution in [1.29, 1.82) is 0 Å². The minimum Gasteiger partial charge on any atom is -0.342 e. The van der Waals surface area contributed by atoms with Gasteiger partial charge in [-0.1, -0.05) is 19.1 Å². The third-order valence-electron chi connectivity index (χ3n) is 4.84. The minimum absolute atomic E-state index is 0.128. The number of carbonyl (C=O) groups is 1. The van der Waals surface area contributed by atoms with Crippen LogP contribution in [0.15, 0.2) is 24.3 Å². The maximum atomic E-state index is 13.0. The normalized spacial score (nSPS) is 18.0. The van der Waals surface area contributed by atoms with Crippen LogP contribution >= 0.6 is 11.3 Å². The maximum absolute atomic E-state index is 13.0. The fourth-order valence-electron chi connectivity index (χ4n) is 3.57. The molecule has 1 aliphatic heterocycles. The third kappa shape index (κ3) is 3.06. The summed E-state index contributed by atoms with van der Waals surface area (Å²) in [4.78, 5) is 28.5. The Morgan fingerprint density at radius 1 is 1.36 bits per heavy atom. The Morgan fingerprint density at radius 2 is 2.20 bits per heavy atom. The number of amides is 1. The summed E-state index contributed by atoms with van der Waals surface area (Å²) in [5.41, 5.74) is 2.98. The Kier molecular flexibility index (Phi) is 4.29. The molecule has 130 valence electrons. The largest absolute Gasteiger partial charge is 0.342 e. The Bertz CT molecular complexity index is 880. The van der Waals surface area contributed by atoms with Crippen molar-refractivity contribution in [3.8, 4) is 0 Å². The average molecular weight is 354 g/mol. The predicted octanol–water partition coefficient (Wildman–Crippen LogP) is 3.91. The molecule has 1 N–H and O–H groups in total. The van der Waals surface area contributed by atoms with Crippen LogP contribution in [-0.2, 0) is 6.42 Å². The monoisotopic (exact) mass is 354 g/mol. The lowest BCUT2D eigenvalue weighted by Crippen LogP contribution is -2.39. The molecule has 0 bridgehead atoms. The third-order valence-corrected chi connectivity index (χ3v) is 5.84. The van der Waals surface area contributed by atoms with Gasteiger partial charge in [0, 0.05) is 19.0 Å². The molecule has 0 saturated carbocycles. The molecule has 0 aliphatic carbocycles. The molecule has 25 heavy (non-hydrogen) atoms. The number of imidazole rings is 1. The van der Waals surface area contributed by atoms with Crippen LogP contribution in [0, 0.1) is 6.92 Å². The number of benzene rings is 1. The van der Waals surface area contributed by atoms with Gasteiger partial charge in [-0.05, 0) is 38.3 Å². The van der Waals surface area contributed by atoms with Crippen LogP contribution < -0.4 is 0 Å². The first-order chi connectivity index (χ1) is 12.2. The van der Waals surface area contributed by atoms with E-state index in [0.29, 0.717) is 0 Å². The molecule has 6 heteroatoms. The molecule has 5 nitrogen and oxygen atoms in total. The molecule has 1 amide bonds. The summed E-state index contributed by atoms with van der Waals surface area (Å²) in [5, 5.41) is 0.964. The quantitative estimate of drug-likeness (QED) is 0.776. The van der Waals surface area contributed by atoms with Crippen LogP contribution in [-0.4, -0.2) is 38.8 Å². The zero-order valence-corrected chi connectivity index (χ0v) is 15.4. The van der Waals surface area contributed by atoms with Crippen LogP contribution in [0.5, 0.6) is 0 Å². The van der Waals surface area contributed by atoms with Gasteiger partial charge < -0.3 is 9.88 Å². The Labute approximate surface area is 151 Å². The lowest BCUT2D eigenvalue weighted by Gasteiger charge is -2.31. The first-order valence-corrected chi connectivity index (χ1v) is 9.67. The Hall–Kier alpha value is -2.21. The topological polar surface area (TPSA) is 61.9 Å². The fraction of sp³-hybridized carbons (Fsp3) is 0.421. The van der Waals surface area contributed by atoms with Crippen LogP contribution in [0.3, 0.4) is 0 Å². The molecule has 4 rings (SSSR count). The highest BCUT2D eigenvalue weighted by molar-refractivity contribution is 7.13. The smallest absolute Gasteiger partial charge is 0.265 e. The van der Waals surface area contributed by atoms with E-state index in [1.54, 1.807) is 0 Å². The van der Waals surface area contributed by atoms with Gasteiger partial charge in [0.25, 0.3) is 5.91 Å². The summed E-state index contributed by atoms with van der Waals surface area (Å²) in [6.45, 7) is 5.56. The molecular weight excluding hydrogens is 332 g/mol.